The fraction of sp³-hybridized carbons (Fsp3) is 0.571. The van der Waals surface area contributed by atoms with Gasteiger partial charge in [0.05, 0.1) is 11.5 Å². The normalized spacial score (nSPS) is 14.1. The lowest BCUT2D eigenvalue weighted by Crippen LogP contribution is -2.55. The quantitative estimate of drug-likeness (QED) is 0.858. The highest BCUT2D eigenvalue weighted by atomic mass is 16.2. The number of nitrogens with one attached hydrogen (secondary N) is 1. The Bertz CT molecular complexity index is 407. The van der Waals surface area contributed by atoms with Gasteiger partial charge < -0.3 is 11.1 Å². The molecule has 0 aliphatic heterocycles. The molecule has 0 saturated carbocycles. The molecular weight excluding hydrogens is 226 g/mol. The average molecular weight is 249 g/mol. The van der Waals surface area contributed by atoms with Crippen molar-refractivity contribution >= 4 is 5.91 Å². The van der Waals surface area contributed by atoms with Gasteiger partial charge in [0.2, 0.25) is 5.91 Å². The standard InChI is InChI=1S/C14H23N3O/c1-10(11-6-8-16-9-7-11)17-12(18)13(2,3)14(4,5)15/h6-10H,15H2,1-5H3,(H,17,18). The topological polar surface area (TPSA) is 68.0 Å². The Balaban J connectivity index is 2.78. The summed E-state index contributed by atoms with van der Waals surface area (Å²) in [6, 6.07) is 3.74. The third-order valence-electron chi connectivity index (χ3n) is 3.73. The molecule has 1 heterocycles. The third kappa shape index (κ3) is 3.07. The van der Waals surface area contributed by atoms with Crippen LogP contribution in [0.2, 0.25) is 0 Å². The first-order valence-electron chi connectivity index (χ1n) is 6.16. The van der Waals surface area contributed by atoms with Crippen LogP contribution in [0.4, 0.5) is 0 Å². The molecule has 0 aromatic carbocycles. The van der Waals surface area contributed by atoms with E-state index in [1.807, 2.05) is 46.8 Å². The van der Waals surface area contributed by atoms with E-state index in [0.29, 0.717) is 0 Å². The molecule has 0 aliphatic carbocycles. The highest BCUT2D eigenvalue weighted by molar-refractivity contribution is 5.83. The molecule has 1 amide bonds. The minimum absolute atomic E-state index is 0.0423. The van der Waals surface area contributed by atoms with E-state index in [2.05, 4.69) is 10.3 Å². The van der Waals surface area contributed by atoms with Crippen LogP contribution in [0.1, 0.15) is 46.2 Å². The average Bonchev–Trinajstić information content (AvgIpc) is 2.28. The number of nitrogens with zero attached hydrogens (tertiary/aromatic N) is 1. The molecule has 0 aliphatic rings. The number of rotatable bonds is 4. The van der Waals surface area contributed by atoms with E-state index in [9.17, 15) is 4.79 Å². The van der Waals surface area contributed by atoms with Crippen LogP contribution in [0.3, 0.4) is 0 Å². The maximum atomic E-state index is 12.3. The monoisotopic (exact) mass is 249 g/mol. The molecule has 0 radical (unpaired) electrons. The van der Waals surface area contributed by atoms with Crippen molar-refractivity contribution in [2.24, 2.45) is 11.1 Å². The van der Waals surface area contributed by atoms with E-state index >= 15 is 0 Å². The minimum atomic E-state index is -0.631. The van der Waals surface area contributed by atoms with Crippen molar-refractivity contribution in [3.05, 3.63) is 30.1 Å². The summed E-state index contributed by atoms with van der Waals surface area (Å²) in [6.07, 6.45) is 3.44. The molecule has 1 aromatic rings. The van der Waals surface area contributed by atoms with E-state index in [0.717, 1.165) is 5.56 Å². The highest BCUT2D eigenvalue weighted by Gasteiger charge is 2.40. The van der Waals surface area contributed by atoms with E-state index in [1.165, 1.54) is 0 Å². The van der Waals surface area contributed by atoms with E-state index in [4.69, 9.17) is 5.73 Å². The summed E-state index contributed by atoms with van der Waals surface area (Å²) in [5.41, 5.74) is 5.88. The minimum Gasteiger partial charge on any atom is -0.349 e. The van der Waals surface area contributed by atoms with Gasteiger partial charge in [-0.1, -0.05) is 0 Å². The van der Waals surface area contributed by atoms with Gasteiger partial charge in [0.15, 0.2) is 0 Å². The first kappa shape index (κ1) is 14.6. The van der Waals surface area contributed by atoms with Gasteiger partial charge in [-0.25, -0.2) is 0 Å². The molecule has 4 heteroatoms. The van der Waals surface area contributed by atoms with Crippen molar-refractivity contribution in [1.82, 2.24) is 10.3 Å². The Hall–Kier alpha value is -1.42. The summed E-state index contributed by atoms with van der Waals surface area (Å²) < 4.78 is 0. The second-order valence-corrected chi connectivity index (χ2v) is 5.82. The maximum absolute atomic E-state index is 12.3. The van der Waals surface area contributed by atoms with E-state index in [1.54, 1.807) is 12.4 Å². The molecule has 1 atom stereocenters. The number of aromatic nitrogens is 1. The Morgan fingerprint density at radius 1 is 1.28 bits per heavy atom. The van der Waals surface area contributed by atoms with Crippen LogP contribution in [-0.2, 0) is 4.79 Å². The predicted octanol–water partition coefficient (Wildman–Crippen LogP) is 2.02. The van der Waals surface area contributed by atoms with Crippen LogP contribution in [0.25, 0.3) is 0 Å². The van der Waals surface area contributed by atoms with Gasteiger partial charge in [0.1, 0.15) is 0 Å². The van der Waals surface area contributed by atoms with Gasteiger partial charge in [0, 0.05) is 17.9 Å². The molecule has 0 saturated heterocycles. The fourth-order valence-corrected chi connectivity index (χ4v) is 1.41. The Labute approximate surface area is 109 Å². The number of hydrogen-bond acceptors (Lipinski definition) is 3. The molecule has 1 unspecified atom stereocenters. The van der Waals surface area contributed by atoms with Crippen LogP contribution in [0, 0.1) is 5.41 Å². The van der Waals surface area contributed by atoms with Gasteiger partial charge in [0.25, 0.3) is 0 Å². The summed E-state index contributed by atoms with van der Waals surface area (Å²) in [5.74, 6) is -0.0423. The van der Waals surface area contributed by atoms with Crippen molar-refractivity contribution in [3.8, 4) is 0 Å². The number of nitrogens with two attached hydrogens (primary N) is 1. The number of pyridine rings is 1. The molecule has 3 N–H and O–H groups in total. The molecule has 0 fully saturated rings. The van der Waals surface area contributed by atoms with Crippen LogP contribution >= 0.6 is 0 Å². The van der Waals surface area contributed by atoms with E-state index in [-0.39, 0.29) is 11.9 Å². The van der Waals surface area contributed by atoms with Crippen molar-refractivity contribution in [2.45, 2.75) is 46.2 Å². The summed E-state index contributed by atoms with van der Waals surface area (Å²) in [7, 11) is 0. The smallest absolute Gasteiger partial charge is 0.227 e. The third-order valence-corrected chi connectivity index (χ3v) is 3.73. The lowest BCUT2D eigenvalue weighted by atomic mass is 9.74. The SMILES string of the molecule is CC(NC(=O)C(C)(C)C(C)(C)N)c1ccncc1. The zero-order valence-electron chi connectivity index (χ0n) is 11.8. The predicted molar refractivity (Wildman–Crippen MR) is 72.8 cm³/mol. The molecule has 1 rings (SSSR count). The number of carbonyl (C=O) groups is 1. The highest BCUT2D eigenvalue weighted by Crippen LogP contribution is 2.29. The summed E-state index contributed by atoms with van der Waals surface area (Å²) >= 11 is 0. The first-order valence-corrected chi connectivity index (χ1v) is 6.16. The van der Waals surface area contributed by atoms with Crippen molar-refractivity contribution < 1.29 is 4.79 Å². The molecule has 18 heavy (non-hydrogen) atoms. The Morgan fingerprint density at radius 3 is 2.22 bits per heavy atom. The first-order chi connectivity index (χ1) is 8.16. The lowest BCUT2D eigenvalue weighted by Gasteiger charge is -2.37. The molecule has 100 valence electrons. The van der Waals surface area contributed by atoms with Gasteiger partial charge >= 0.3 is 0 Å². The Morgan fingerprint density at radius 2 is 1.78 bits per heavy atom. The lowest BCUT2D eigenvalue weighted by molar-refractivity contribution is -0.132. The van der Waals surface area contributed by atoms with Crippen LogP contribution < -0.4 is 11.1 Å². The molecule has 4 nitrogen and oxygen atoms in total. The van der Waals surface area contributed by atoms with Crippen molar-refractivity contribution in [3.63, 3.8) is 0 Å². The number of carbonyl (C=O) groups excluding carboxylic acids is 1. The number of amides is 1. The second-order valence-electron chi connectivity index (χ2n) is 5.82. The zero-order valence-corrected chi connectivity index (χ0v) is 11.8. The molecule has 0 spiro atoms. The van der Waals surface area contributed by atoms with E-state index < -0.39 is 11.0 Å². The van der Waals surface area contributed by atoms with Gasteiger partial charge in [-0.15, -0.1) is 0 Å². The summed E-state index contributed by atoms with van der Waals surface area (Å²) in [5, 5.41) is 3.00. The van der Waals surface area contributed by atoms with Crippen LogP contribution in [-0.4, -0.2) is 16.4 Å². The van der Waals surface area contributed by atoms with Crippen molar-refractivity contribution in [1.29, 1.82) is 0 Å². The van der Waals surface area contributed by atoms with Crippen LogP contribution in [0.5, 0.6) is 0 Å². The van der Waals surface area contributed by atoms with Crippen LogP contribution in [0.15, 0.2) is 24.5 Å². The number of hydrogen-bond donors (Lipinski definition) is 2. The Kier molecular flexibility index (Phi) is 4.12. The maximum Gasteiger partial charge on any atom is 0.227 e. The fourth-order valence-electron chi connectivity index (χ4n) is 1.41. The molecule has 1 aromatic heterocycles. The van der Waals surface area contributed by atoms with Gasteiger partial charge in [-0.05, 0) is 52.3 Å². The largest absolute Gasteiger partial charge is 0.349 e. The molecule has 0 bridgehead atoms. The summed E-state index contributed by atoms with van der Waals surface area (Å²) in [4.78, 5) is 16.3. The molecular formula is C14H23N3O. The van der Waals surface area contributed by atoms with Gasteiger partial charge in [-0.2, -0.15) is 0 Å². The summed E-state index contributed by atoms with van der Waals surface area (Å²) in [6.45, 7) is 9.41. The van der Waals surface area contributed by atoms with Gasteiger partial charge in [-0.3, -0.25) is 9.78 Å². The zero-order chi connectivity index (χ0) is 14.0. The van der Waals surface area contributed by atoms with Crippen molar-refractivity contribution in [2.75, 3.05) is 0 Å². The second kappa shape index (κ2) is 5.06.